The molecule has 0 rings (SSSR count). The molecular weight excluding hydrogens is 457 g/mol. The van der Waals surface area contributed by atoms with Crippen molar-refractivity contribution in [3.8, 4) is 0 Å². The Bertz CT molecular complexity index is 616. The Morgan fingerprint density at radius 3 is 1.91 bits per heavy atom. The Balaban J connectivity index is 3.88. The third-order valence-corrected chi connectivity index (χ3v) is 5.63. The number of carbonyl (C=O) groups is 3. The molecule has 1 amide bonds. The van der Waals surface area contributed by atoms with E-state index >= 15 is 0 Å². The van der Waals surface area contributed by atoms with Gasteiger partial charge in [0.05, 0.1) is 13.2 Å². The third kappa shape index (κ3) is 19.6. The molecule has 0 heterocycles. The van der Waals surface area contributed by atoms with Gasteiger partial charge in [-0.1, -0.05) is 64.7 Å². The number of unbranched alkanes of at least 4 members (excludes halogenated alkanes) is 9. The summed E-state index contributed by atoms with van der Waals surface area (Å²) in [5, 5.41) is 20.7. The molecule has 0 aliphatic heterocycles. The van der Waals surface area contributed by atoms with Crippen LogP contribution in [0, 0.1) is 0 Å². The van der Waals surface area contributed by atoms with Crippen molar-refractivity contribution in [3.63, 3.8) is 0 Å². The molecule has 0 spiro atoms. The van der Waals surface area contributed by atoms with Gasteiger partial charge in [0, 0.05) is 13.3 Å². The lowest BCUT2D eigenvalue weighted by molar-refractivity contribution is -0.147. The predicted molar refractivity (Wildman–Crippen MR) is 120 cm³/mol. The number of esters is 1. The van der Waals surface area contributed by atoms with E-state index in [4.69, 9.17) is 9.84 Å². The third-order valence-electron chi connectivity index (χ3n) is 4.68. The van der Waals surface area contributed by atoms with Crippen LogP contribution >= 0.6 is 7.82 Å². The van der Waals surface area contributed by atoms with Gasteiger partial charge in [-0.15, -0.1) is 0 Å². The largest absolute Gasteiger partial charge is 0.480 e. The number of amides is 1. The lowest BCUT2D eigenvalue weighted by Gasteiger charge is -2.18. The van der Waals surface area contributed by atoms with Crippen LogP contribution < -0.4 is 5.32 Å². The lowest BCUT2D eigenvalue weighted by Crippen LogP contribution is -2.42. The fourth-order valence-corrected chi connectivity index (χ4v) is 3.64. The minimum Gasteiger partial charge on any atom is -0.480 e. The van der Waals surface area contributed by atoms with E-state index in [-0.39, 0.29) is 6.42 Å². The summed E-state index contributed by atoms with van der Waals surface area (Å²) in [7, 11) is -4.69. The maximum Gasteiger partial charge on any atom is 0.472 e. The molecule has 0 aromatic rings. The summed E-state index contributed by atoms with van der Waals surface area (Å²) in [4.78, 5) is 43.2. The van der Waals surface area contributed by atoms with Crippen LogP contribution in [0.3, 0.4) is 0 Å². The zero-order valence-electron chi connectivity index (χ0n) is 19.7. The van der Waals surface area contributed by atoms with Crippen LogP contribution in [0.25, 0.3) is 0 Å². The molecule has 0 radical (unpaired) electrons. The fourth-order valence-electron chi connectivity index (χ4n) is 2.87. The van der Waals surface area contributed by atoms with Crippen LogP contribution in [-0.4, -0.2) is 64.9 Å². The van der Waals surface area contributed by atoms with Gasteiger partial charge < -0.3 is 25.2 Å². The summed E-state index contributed by atoms with van der Waals surface area (Å²) in [6, 6.07) is -1.54. The van der Waals surface area contributed by atoms with Crippen LogP contribution in [0.1, 0.15) is 84.5 Å². The van der Waals surface area contributed by atoms with Crippen molar-refractivity contribution in [1.82, 2.24) is 5.32 Å². The highest BCUT2D eigenvalue weighted by Gasteiger charge is 2.28. The summed E-state index contributed by atoms with van der Waals surface area (Å²) in [6.07, 6.45) is 10.3. The smallest absolute Gasteiger partial charge is 0.472 e. The molecule has 194 valence electrons. The molecule has 0 saturated heterocycles. The van der Waals surface area contributed by atoms with Gasteiger partial charge in [-0.3, -0.25) is 18.6 Å². The van der Waals surface area contributed by atoms with Gasteiger partial charge in [-0.25, -0.2) is 9.36 Å². The van der Waals surface area contributed by atoms with E-state index in [0.29, 0.717) is 6.42 Å². The minimum absolute atomic E-state index is 0.228. The number of hydrogen-bond acceptors (Lipinski definition) is 8. The summed E-state index contributed by atoms with van der Waals surface area (Å²) in [5.41, 5.74) is 0. The second-order valence-electron chi connectivity index (χ2n) is 7.92. The number of rotatable bonds is 21. The fraction of sp³-hybridized carbons (Fsp3) is 0.857. The number of nitrogens with one attached hydrogen (secondary N) is 1. The molecule has 0 aliphatic carbocycles. The van der Waals surface area contributed by atoms with E-state index in [0.717, 1.165) is 26.2 Å². The lowest BCUT2D eigenvalue weighted by atomic mass is 10.1. The van der Waals surface area contributed by atoms with Gasteiger partial charge in [0.2, 0.25) is 5.91 Å². The predicted octanol–water partition coefficient (Wildman–Crippen LogP) is 2.92. The number of aliphatic hydroxyl groups is 1. The number of carbonyl (C=O) groups excluding carboxylic acids is 2. The monoisotopic (exact) mass is 497 g/mol. The molecule has 0 aromatic heterocycles. The van der Waals surface area contributed by atoms with Crippen LogP contribution in [0.4, 0.5) is 0 Å². The molecule has 0 aliphatic rings. The van der Waals surface area contributed by atoms with Gasteiger partial charge in [0.25, 0.3) is 0 Å². The highest BCUT2D eigenvalue weighted by molar-refractivity contribution is 7.47. The summed E-state index contributed by atoms with van der Waals surface area (Å²) in [5.74, 6) is -2.59. The first-order valence-electron chi connectivity index (χ1n) is 11.5. The Labute approximate surface area is 195 Å². The average molecular weight is 498 g/mol. The molecule has 0 bridgehead atoms. The first kappa shape index (κ1) is 31.5. The summed E-state index contributed by atoms with van der Waals surface area (Å²) >= 11 is 0. The van der Waals surface area contributed by atoms with Crippen molar-refractivity contribution >= 4 is 25.7 Å². The van der Waals surface area contributed by atoms with E-state index in [9.17, 15) is 28.9 Å². The number of aliphatic hydroxyl groups excluding tert-OH is 1. The summed E-state index contributed by atoms with van der Waals surface area (Å²) < 4.78 is 25.8. The second-order valence-corrected chi connectivity index (χ2v) is 9.37. The Morgan fingerprint density at radius 1 is 0.879 bits per heavy atom. The van der Waals surface area contributed by atoms with Gasteiger partial charge in [-0.05, 0) is 6.42 Å². The number of aliphatic carboxylic acids is 1. The number of ether oxygens (including phenoxy) is 1. The molecular formula is C21H40NO10P. The molecule has 11 nitrogen and oxygen atoms in total. The summed E-state index contributed by atoms with van der Waals surface area (Å²) in [6.45, 7) is 1.38. The highest BCUT2D eigenvalue weighted by atomic mass is 31.2. The number of carboxylic acid groups (broad SMARTS) is 1. The number of carboxylic acids is 1. The maximum absolute atomic E-state index is 11.8. The van der Waals surface area contributed by atoms with Crippen LogP contribution in [0.2, 0.25) is 0 Å². The normalized spacial score (nSPS) is 14.8. The second kappa shape index (κ2) is 18.9. The zero-order chi connectivity index (χ0) is 25.1. The quantitative estimate of drug-likeness (QED) is 0.105. The van der Waals surface area contributed by atoms with E-state index in [1.807, 2.05) is 5.32 Å². The van der Waals surface area contributed by atoms with E-state index < -0.39 is 57.6 Å². The average Bonchev–Trinajstić information content (AvgIpc) is 2.74. The van der Waals surface area contributed by atoms with E-state index in [2.05, 4.69) is 16.0 Å². The number of phosphoric ester groups is 1. The van der Waals surface area contributed by atoms with Crippen molar-refractivity contribution in [2.24, 2.45) is 0 Å². The maximum atomic E-state index is 11.8. The highest BCUT2D eigenvalue weighted by Crippen LogP contribution is 2.43. The molecule has 0 saturated carbocycles. The Morgan fingerprint density at radius 2 is 1.39 bits per heavy atom. The zero-order valence-corrected chi connectivity index (χ0v) is 20.6. The van der Waals surface area contributed by atoms with Crippen molar-refractivity contribution in [1.29, 1.82) is 0 Å². The molecule has 12 heteroatoms. The van der Waals surface area contributed by atoms with Crippen LogP contribution in [-0.2, 0) is 32.7 Å². The van der Waals surface area contributed by atoms with Gasteiger partial charge in [0.1, 0.15) is 12.7 Å². The SMILES string of the molecule is CCCCCCCCCCCCC(=O)OCC(O)COP(=O)(O)OCC(NC(C)=O)C(=O)O. The first-order chi connectivity index (χ1) is 15.6. The van der Waals surface area contributed by atoms with Gasteiger partial charge >= 0.3 is 19.8 Å². The number of hydrogen-bond donors (Lipinski definition) is 4. The van der Waals surface area contributed by atoms with Crippen molar-refractivity contribution in [3.05, 3.63) is 0 Å². The molecule has 0 aromatic carbocycles. The molecule has 4 N–H and O–H groups in total. The Kier molecular flexibility index (Phi) is 18.0. The van der Waals surface area contributed by atoms with Crippen molar-refractivity contribution in [2.45, 2.75) is 96.6 Å². The molecule has 3 atom stereocenters. The van der Waals surface area contributed by atoms with Crippen LogP contribution in [0.5, 0.6) is 0 Å². The molecule has 33 heavy (non-hydrogen) atoms. The molecule has 3 unspecified atom stereocenters. The van der Waals surface area contributed by atoms with Crippen molar-refractivity contribution < 1.29 is 47.8 Å². The first-order valence-corrected chi connectivity index (χ1v) is 13.0. The van der Waals surface area contributed by atoms with E-state index in [1.165, 1.54) is 38.5 Å². The van der Waals surface area contributed by atoms with Crippen LogP contribution in [0.15, 0.2) is 0 Å². The van der Waals surface area contributed by atoms with E-state index in [1.54, 1.807) is 0 Å². The minimum atomic E-state index is -4.69. The van der Waals surface area contributed by atoms with Gasteiger partial charge in [-0.2, -0.15) is 0 Å². The Hall–Kier alpha value is -1.52. The van der Waals surface area contributed by atoms with Crippen molar-refractivity contribution in [2.75, 3.05) is 19.8 Å². The van der Waals surface area contributed by atoms with Gasteiger partial charge in [0.15, 0.2) is 6.04 Å². The topological polar surface area (TPSA) is 169 Å². The number of phosphoric acid groups is 1. The standard InChI is InChI=1S/C21H40NO10P/c1-3-4-5-6-7-8-9-10-11-12-13-20(25)30-14-18(24)15-31-33(28,29)32-16-19(21(26)27)22-17(2)23/h18-19,24H,3-16H2,1-2H3,(H,22,23)(H,26,27)(H,28,29). The molecule has 0 fully saturated rings.